The fraction of sp³-hybridized carbons (Fsp3) is 0.412. The van der Waals surface area contributed by atoms with Crippen molar-refractivity contribution in [1.29, 1.82) is 0 Å². The number of ether oxygens (including phenoxy) is 1. The van der Waals surface area contributed by atoms with Crippen LogP contribution in [0.25, 0.3) is 0 Å². The highest BCUT2D eigenvalue weighted by atomic mass is 32.2. The standard InChI is InChI=1S/C17H21NO3S2/c1-3-17(4-2)12-14(13-8-5-6-9-15(13)21-17)18-23(19,20)16-10-7-11-22-16/h5-11,14,18H,3-4,12H2,1-2H3/t14-/m1/s1. The molecule has 0 unspecified atom stereocenters. The maximum Gasteiger partial charge on any atom is 0.250 e. The molecule has 0 aliphatic carbocycles. The van der Waals surface area contributed by atoms with Crippen LogP contribution in [0.4, 0.5) is 0 Å². The summed E-state index contributed by atoms with van der Waals surface area (Å²) in [5, 5.41) is 1.77. The lowest BCUT2D eigenvalue weighted by molar-refractivity contribution is 0.0260. The molecule has 1 N–H and O–H groups in total. The Morgan fingerprint density at radius 2 is 1.96 bits per heavy atom. The number of sulfonamides is 1. The van der Waals surface area contributed by atoms with E-state index in [4.69, 9.17) is 4.74 Å². The van der Waals surface area contributed by atoms with E-state index in [0.717, 1.165) is 24.2 Å². The minimum absolute atomic E-state index is 0.271. The summed E-state index contributed by atoms with van der Waals surface area (Å²) < 4.78 is 34.7. The largest absolute Gasteiger partial charge is 0.487 e. The SMILES string of the molecule is CCC1(CC)C[C@@H](NS(=O)(=O)c2cccs2)c2ccccc2O1. The van der Waals surface area contributed by atoms with Crippen LogP contribution in [0.5, 0.6) is 5.75 Å². The summed E-state index contributed by atoms with van der Waals surface area (Å²) in [4.78, 5) is 0. The Bertz CT molecular complexity index is 765. The Morgan fingerprint density at radius 3 is 2.61 bits per heavy atom. The molecule has 0 spiro atoms. The molecule has 4 nitrogen and oxygen atoms in total. The minimum Gasteiger partial charge on any atom is -0.487 e. The van der Waals surface area contributed by atoms with Crippen LogP contribution in [-0.4, -0.2) is 14.0 Å². The average molecular weight is 351 g/mol. The second-order valence-corrected chi connectivity index (χ2v) is 8.73. The Labute approximate surface area is 141 Å². The topological polar surface area (TPSA) is 55.4 Å². The summed E-state index contributed by atoms with van der Waals surface area (Å²) in [6.07, 6.45) is 2.33. The Kier molecular flexibility index (Phi) is 4.49. The molecule has 1 aromatic heterocycles. The van der Waals surface area contributed by atoms with Crippen LogP contribution in [0, 0.1) is 0 Å². The maximum absolute atomic E-state index is 12.6. The van der Waals surface area contributed by atoms with E-state index in [1.165, 1.54) is 11.3 Å². The molecule has 3 rings (SSSR count). The van der Waals surface area contributed by atoms with Crippen molar-refractivity contribution in [3.8, 4) is 5.75 Å². The van der Waals surface area contributed by atoms with E-state index < -0.39 is 10.0 Å². The van der Waals surface area contributed by atoms with E-state index in [0.29, 0.717) is 10.6 Å². The average Bonchev–Trinajstić information content (AvgIpc) is 3.10. The lowest BCUT2D eigenvalue weighted by Gasteiger charge is -2.41. The predicted molar refractivity (Wildman–Crippen MR) is 92.4 cm³/mol. The Balaban J connectivity index is 1.97. The van der Waals surface area contributed by atoms with Crippen molar-refractivity contribution in [2.45, 2.75) is 49.0 Å². The number of para-hydroxylation sites is 1. The molecule has 2 aromatic rings. The molecule has 124 valence electrons. The van der Waals surface area contributed by atoms with Gasteiger partial charge in [0.2, 0.25) is 0 Å². The fourth-order valence-electron chi connectivity index (χ4n) is 3.07. The van der Waals surface area contributed by atoms with Gasteiger partial charge < -0.3 is 4.74 Å². The van der Waals surface area contributed by atoms with Gasteiger partial charge in [-0.1, -0.05) is 38.1 Å². The van der Waals surface area contributed by atoms with Crippen LogP contribution >= 0.6 is 11.3 Å². The van der Waals surface area contributed by atoms with E-state index in [-0.39, 0.29) is 11.6 Å². The molecule has 0 amide bonds. The van der Waals surface area contributed by atoms with Gasteiger partial charge in [-0.3, -0.25) is 0 Å². The van der Waals surface area contributed by atoms with Crippen LogP contribution in [-0.2, 0) is 10.0 Å². The van der Waals surface area contributed by atoms with Crippen molar-refractivity contribution in [3.05, 3.63) is 47.3 Å². The van der Waals surface area contributed by atoms with Gasteiger partial charge >= 0.3 is 0 Å². The molecule has 6 heteroatoms. The number of thiophene rings is 1. The second kappa shape index (κ2) is 6.26. The van der Waals surface area contributed by atoms with Gasteiger partial charge in [-0.05, 0) is 30.4 Å². The number of hydrogen-bond acceptors (Lipinski definition) is 4. The lowest BCUT2D eigenvalue weighted by Crippen LogP contribution is -2.44. The van der Waals surface area contributed by atoms with Crippen LogP contribution in [0.2, 0.25) is 0 Å². The molecule has 1 aromatic carbocycles. The molecule has 1 aliphatic rings. The highest BCUT2D eigenvalue weighted by Crippen LogP contribution is 2.43. The minimum atomic E-state index is -3.51. The summed E-state index contributed by atoms with van der Waals surface area (Å²) in [5.41, 5.74) is 0.585. The third-order valence-corrected chi connectivity index (χ3v) is 7.41. The first-order chi connectivity index (χ1) is 11.0. The fourth-order valence-corrected chi connectivity index (χ4v) is 5.29. The van der Waals surface area contributed by atoms with E-state index in [1.54, 1.807) is 17.5 Å². The van der Waals surface area contributed by atoms with Crippen molar-refractivity contribution in [2.24, 2.45) is 0 Å². The van der Waals surface area contributed by atoms with Gasteiger partial charge in [0.1, 0.15) is 15.6 Å². The summed E-state index contributed by atoms with van der Waals surface area (Å²) >= 11 is 1.23. The highest BCUT2D eigenvalue weighted by Gasteiger charge is 2.40. The Hall–Kier alpha value is -1.37. The molecule has 2 heterocycles. The number of hydrogen-bond donors (Lipinski definition) is 1. The van der Waals surface area contributed by atoms with Gasteiger partial charge in [-0.25, -0.2) is 13.1 Å². The first kappa shape index (κ1) is 16.5. The molecule has 0 bridgehead atoms. The van der Waals surface area contributed by atoms with Gasteiger partial charge in [0, 0.05) is 12.0 Å². The van der Waals surface area contributed by atoms with Crippen LogP contribution in [0.1, 0.15) is 44.7 Å². The molecule has 0 saturated carbocycles. The zero-order valence-corrected chi connectivity index (χ0v) is 14.9. The van der Waals surface area contributed by atoms with Crippen molar-refractivity contribution < 1.29 is 13.2 Å². The lowest BCUT2D eigenvalue weighted by atomic mass is 9.84. The van der Waals surface area contributed by atoms with Gasteiger partial charge in [0.05, 0.1) is 6.04 Å². The van der Waals surface area contributed by atoms with Crippen LogP contribution in [0.15, 0.2) is 46.0 Å². The molecular weight excluding hydrogens is 330 g/mol. The van der Waals surface area contributed by atoms with Gasteiger partial charge in [0.25, 0.3) is 10.0 Å². The molecule has 23 heavy (non-hydrogen) atoms. The van der Waals surface area contributed by atoms with Gasteiger partial charge in [-0.15, -0.1) is 11.3 Å². The van der Waals surface area contributed by atoms with E-state index in [1.807, 2.05) is 24.3 Å². The summed E-state index contributed by atoms with van der Waals surface area (Å²) in [7, 11) is -3.51. The van der Waals surface area contributed by atoms with Crippen molar-refractivity contribution in [1.82, 2.24) is 4.72 Å². The smallest absolute Gasteiger partial charge is 0.250 e. The quantitative estimate of drug-likeness (QED) is 0.882. The van der Waals surface area contributed by atoms with Gasteiger partial charge in [-0.2, -0.15) is 0 Å². The first-order valence-electron chi connectivity index (χ1n) is 7.83. The molecule has 1 atom stereocenters. The molecule has 0 saturated heterocycles. The maximum atomic E-state index is 12.6. The summed E-state index contributed by atoms with van der Waals surface area (Å²) in [5.74, 6) is 0.779. The van der Waals surface area contributed by atoms with E-state index in [9.17, 15) is 8.42 Å². The monoisotopic (exact) mass is 351 g/mol. The van der Waals surface area contributed by atoms with Crippen LogP contribution < -0.4 is 9.46 Å². The van der Waals surface area contributed by atoms with Crippen molar-refractivity contribution in [3.63, 3.8) is 0 Å². The highest BCUT2D eigenvalue weighted by molar-refractivity contribution is 7.91. The summed E-state index contributed by atoms with van der Waals surface area (Å²) in [6.45, 7) is 4.17. The molecule has 1 aliphatic heterocycles. The third kappa shape index (κ3) is 3.16. The normalized spacial score (nSPS) is 19.8. The molecule has 0 radical (unpaired) electrons. The third-order valence-electron chi connectivity index (χ3n) is 4.54. The summed E-state index contributed by atoms with van der Waals surface area (Å²) in [6, 6.07) is 10.8. The molecular formula is C17H21NO3S2. The Morgan fingerprint density at radius 1 is 1.22 bits per heavy atom. The zero-order valence-electron chi connectivity index (χ0n) is 13.3. The predicted octanol–water partition coefficient (Wildman–Crippen LogP) is 4.11. The van der Waals surface area contributed by atoms with Gasteiger partial charge in [0.15, 0.2) is 0 Å². The number of benzene rings is 1. The molecule has 0 fully saturated rings. The van der Waals surface area contributed by atoms with Crippen molar-refractivity contribution in [2.75, 3.05) is 0 Å². The van der Waals surface area contributed by atoms with Crippen LogP contribution in [0.3, 0.4) is 0 Å². The zero-order chi connectivity index (χ0) is 16.5. The first-order valence-corrected chi connectivity index (χ1v) is 10.2. The number of nitrogens with one attached hydrogen (secondary N) is 1. The van der Waals surface area contributed by atoms with E-state index in [2.05, 4.69) is 18.6 Å². The second-order valence-electron chi connectivity index (χ2n) is 5.84. The number of rotatable bonds is 5. The number of fused-ring (bicyclic) bond motifs is 1. The van der Waals surface area contributed by atoms with E-state index >= 15 is 0 Å². The van der Waals surface area contributed by atoms with Crippen molar-refractivity contribution >= 4 is 21.4 Å².